The fourth-order valence-corrected chi connectivity index (χ4v) is 1.41. The third-order valence-electron chi connectivity index (χ3n) is 2.13. The predicted octanol–water partition coefficient (Wildman–Crippen LogP) is 1.30. The van der Waals surface area contributed by atoms with Gasteiger partial charge >= 0.3 is 0 Å². The van der Waals surface area contributed by atoms with E-state index in [4.69, 9.17) is 0 Å². The number of nitro groups is 1. The number of fused-ring (bicyclic) bond motifs is 1. The van der Waals surface area contributed by atoms with E-state index in [2.05, 4.69) is 10.5 Å². The minimum atomic E-state index is -1.16. The molecule has 7 heteroatoms. The predicted molar refractivity (Wildman–Crippen MR) is 50.6 cm³/mol. The monoisotopic (exact) mass is 207 g/mol. The van der Waals surface area contributed by atoms with Crippen LogP contribution in [0.2, 0.25) is 0 Å². The van der Waals surface area contributed by atoms with Crippen molar-refractivity contribution < 1.29 is 9.72 Å². The SMILES string of the molecule is O=N[C@@H]1Nc2ccc([N+](=O)[O-])cc2C1=O. The van der Waals surface area contributed by atoms with Crippen molar-refractivity contribution in [3.8, 4) is 0 Å². The standard InChI is InChI=1S/C8H5N3O4/c12-7-5-3-4(11(14)15)1-2-6(5)9-8(7)10-13/h1-3,8-9H/t8-/m0/s1. The van der Waals surface area contributed by atoms with E-state index in [1.54, 1.807) is 0 Å². The van der Waals surface area contributed by atoms with Crippen molar-refractivity contribution in [1.29, 1.82) is 0 Å². The highest BCUT2D eigenvalue weighted by molar-refractivity contribution is 6.10. The Morgan fingerprint density at radius 3 is 2.80 bits per heavy atom. The first-order valence-corrected chi connectivity index (χ1v) is 4.05. The van der Waals surface area contributed by atoms with Crippen LogP contribution < -0.4 is 5.32 Å². The maximum atomic E-state index is 11.4. The fourth-order valence-electron chi connectivity index (χ4n) is 1.41. The Balaban J connectivity index is 2.48. The molecule has 1 aromatic carbocycles. The summed E-state index contributed by atoms with van der Waals surface area (Å²) in [4.78, 5) is 31.5. The van der Waals surface area contributed by atoms with Gasteiger partial charge in [0.1, 0.15) is 0 Å². The number of nitroso groups, excluding NO2 is 1. The Morgan fingerprint density at radius 1 is 1.47 bits per heavy atom. The molecule has 0 aliphatic carbocycles. The van der Waals surface area contributed by atoms with Gasteiger partial charge in [-0.1, -0.05) is 0 Å². The van der Waals surface area contributed by atoms with Crippen molar-refractivity contribution in [2.45, 2.75) is 6.17 Å². The second kappa shape index (κ2) is 3.12. The van der Waals surface area contributed by atoms with E-state index >= 15 is 0 Å². The first-order chi connectivity index (χ1) is 7.13. The number of non-ortho nitro benzene ring substituents is 1. The quantitative estimate of drug-likeness (QED) is 0.447. The maximum Gasteiger partial charge on any atom is 0.270 e. The summed E-state index contributed by atoms with van der Waals surface area (Å²) >= 11 is 0. The number of nitro benzene ring substituents is 1. The molecule has 1 heterocycles. The zero-order valence-corrected chi connectivity index (χ0v) is 7.34. The van der Waals surface area contributed by atoms with Gasteiger partial charge < -0.3 is 5.32 Å². The van der Waals surface area contributed by atoms with Crippen molar-refractivity contribution in [3.63, 3.8) is 0 Å². The zero-order chi connectivity index (χ0) is 11.0. The number of anilines is 1. The van der Waals surface area contributed by atoms with Gasteiger partial charge in [-0.3, -0.25) is 14.9 Å². The topological polar surface area (TPSA) is 102 Å². The number of rotatable bonds is 2. The summed E-state index contributed by atoms with van der Waals surface area (Å²) in [5.74, 6) is -0.538. The molecule has 1 N–H and O–H groups in total. The lowest BCUT2D eigenvalue weighted by molar-refractivity contribution is -0.384. The molecule has 0 bridgehead atoms. The molecule has 7 nitrogen and oxygen atoms in total. The van der Waals surface area contributed by atoms with E-state index in [-0.39, 0.29) is 11.3 Å². The Bertz CT molecular complexity index is 471. The molecule has 1 aliphatic rings. The highest BCUT2D eigenvalue weighted by atomic mass is 16.6. The van der Waals surface area contributed by atoms with Crippen LogP contribution in [-0.2, 0) is 0 Å². The molecule has 0 spiro atoms. The Morgan fingerprint density at radius 2 is 2.20 bits per heavy atom. The Labute approximate surface area is 83.2 Å². The zero-order valence-electron chi connectivity index (χ0n) is 7.34. The molecule has 1 aliphatic heterocycles. The van der Waals surface area contributed by atoms with E-state index < -0.39 is 16.9 Å². The molecular weight excluding hydrogens is 202 g/mol. The first-order valence-electron chi connectivity index (χ1n) is 4.05. The molecule has 15 heavy (non-hydrogen) atoms. The van der Waals surface area contributed by atoms with Gasteiger partial charge in [0.2, 0.25) is 11.9 Å². The number of carbonyl (C=O) groups is 1. The number of nitrogens with one attached hydrogen (secondary N) is 1. The van der Waals surface area contributed by atoms with Gasteiger partial charge in [0.25, 0.3) is 5.69 Å². The molecule has 0 saturated heterocycles. The second-order valence-corrected chi connectivity index (χ2v) is 3.00. The summed E-state index contributed by atoms with van der Waals surface area (Å²) in [7, 11) is 0. The van der Waals surface area contributed by atoms with Gasteiger partial charge in [0, 0.05) is 17.8 Å². The average molecular weight is 207 g/mol. The number of carbonyl (C=O) groups excluding carboxylic acids is 1. The van der Waals surface area contributed by atoms with Gasteiger partial charge in [0.15, 0.2) is 0 Å². The summed E-state index contributed by atoms with van der Waals surface area (Å²) in [6.07, 6.45) is -1.16. The molecule has 0 amide bonds. The molecule has 76 valence electrons. The number of ketones is 1. The minimum Gasteiger partial charge on any atom is -0.354 e. The summed E-state index contributed by atoms with van der Waals surface area (Å²) in [6, 6.07) is 3.78. The summed E-state index contributed by atoms with van der Waals surface area (Å²) in [6.45, 7) is 0. The number of Topliss-reactive ketones (excluding diaryl/α,β-unsaturated/α-hetero) is 1. The third-order valence-corrected chi connectivity index (χ3v) is 2.13. The first kappa shape index (κ1) is 9.25. The number of nitrogens with zero attached hydrogens (tertiary/aromatic N) is 2. The number of hydrogen-bond acceptors (Lipinski definition) is 6. The van der Waals surface area contributed by atoms with Crippen LogP contribution in [0.4, 0.5) is 11.4 Å². The van der Waals surface area contributed by atoms with Gasteiger partial charge in [0.05, 0.1) is 10.5 Å². The smallest absolute Gasteiger partial charge is 0.270 e. The molecule has 0 unspecified atom stereocenters. The number of benzene rings is 1. The Hall–Kier alpha value is -2.31. The van der Waals surface area contributed by atoms with Crippen molar-refractivity contribution >= 4 is 17.2 Å². The highest BCUT2D eigenvalue weighted by Gasteiger charge is 2.32. The van der Waals surface area contributed by atoms with Gasteiger partial charge in [-0.15, -0.1) is 4.91 Å². The van der Waals surface area contributed by atoms with Crippen LogP contribution in [0.15, 0.2) is 23.4 Å². The van der Waals surface area contributed by atoms with Crippen LogP contribution >= 0.6 is 0 Å². The van der Waals surface area contributed by atoms with E-state index in [0.717, 1.165) is 6.07 Å². The van der Waals surface area contributed by atoms with E-state index in [0.29, 0.717) is 5.69 Å². The normalized spacial score (nSPS) is 18.1. The van der Waals surface area contributed by atoms with Gasteiger partial charge in [-0.2, -0.15) is 0 Å². The lowest BCUT2D eigenvalue weighted by Crippen LogP contribution is -2.18. The molecular formula is C8H5N3O4. The number of hydrogen-bond donors (Lipinski definition) is 1. The summed E-state index contributed by atoms with van der Waals surface area (Å²) in [5, 5.41) is 15.6. The van der Waals surface area contributed by atoms with Crippen molar-refractivity contribution in [3.05, 3.63) is 38.8 Å². The average Bonchev–Trinajstić information content (AvgIpc) is 2.55. The van der Waals surface area contributed by atoms with Crippen molar-refractivity contribution in [1.82, 2.24) is 0 Å². The molecule has 2 rings (SSSR count). The van der Waals surface area contributed by atoms with Crippen LogP contribution in [0.5, 0.6) is 0 Å². The molecule has 0 radical (unpaired) electrons. The van der Waals surface area contributed by atoms with Crippen LogP contribution in [0.1, 0.15) is 10.4 Å². The largest absolute Gasteiger partial charge is 0.354 e. The van der Waals surface area contributed by atoms with Crippen LogP contribution in [0, 0.1) is 15.0 Å². The lowest BCUT2D eigenvalue weighted by atomic mass is 10.1. The molecule has 0 fully saturated rings. The van der Waals surface area contributed by atoms with E-state index in [1.165, 1.54) is 12.1 Å². The minimum absolute atomic E-state index is 0.133. The second-order valence-electron chi connectivity index (χ2n) is 3.00. The van der Waals surface area contributed by atoms with Crippen molar-refractivity contribution in [2.75, 3.05) is 5.32 Å². The van der Waals surface area contributed by atoms with Gasteiger partial charge in [-0.05, 0) is 11.2 Å². The summed E-state index contributed by atoms with van der Waals surface area (Å²) < 4.78 is 0. The van der Waals surface area contributed by atoms with Crippen LogP contribution in [-0.4, -0.2) is 16.9 Å². The molecule has 0 aromatic heterocycles. The lowest BCUT2D eigenvalue weighted by Gasteiger charge is -1.97. The third kappa shape index (κ3) is 1.33. The fraction of sp³-hybridized carbons (Fsp3) is 0.125. The molecule has 1 aromatic rings. The molecule has 1 atom stereocenters. The summed E-state index contributed by atoms with van der Waals surface area (Å²) in [5.41, 5.74) is 0.347. The molecule has 0 saturated carbocycles. The van der Waals surface area contributed by atoms with Crippen LogP contribution in [0.3, 0.4) is 0 Å². The Kier molecular flexibility index (Phi) is 1.93. The van der Waals surface area contributed by atoms with Crippen LogP contribution in [0.25, 0.3) is 0 Å². The van der Waals surface area contributed by atoms with Gasteiger partial charge in [-0.25, -0.2) is 0 Å². The maximum absolute atomic E-state index is 11.4. The van der Waals surface area contributed by atoms with E-state index in [9.17, 15) is 19.8 Å². The van der Waals surface area contributed by atoms with E-state index in [1.807, 2.05) is 0 Å². The highest BCUT2D eigenvalue weighted by Crippen LogP contribution is 2.29. The van der Waals surface area contributed by atoms with Crippen molar-refractivity contribution in [2.24, 2.45) is 5.18 Å².